The van der Waals surface area contributed by atoms with Crippen LogP contribution < -0.4 is 16.1 Å². The first-order chi connectivity index (χ1) is 18.1. The van der Waals surface area contributed by atoms with Crippen LogP contribution in [0.25, 0.3) is 5.57 Å². The minimum atomic E-state index is -0.528. The quantitative estimate of drug-likeness (QED) is 0.397. The number of esters is 1. The lowest BCUT2D eigenvalue weighted by Gasteiger charge is -2.19. The number of amides is 1. The second-order valence-electron chi connectivity index (χ2n) is 9.33. The van der Waals surface area contributed by atoms with E-state index in [0.29, 0.717) is 12.2 Å². The molecule has 0 saturated heterocycles. The van der Waals surface area contributed by atoms with E-state index in [9.17, 15) is 9.59 Å². The van der Waals surface area contributed by atoms with Gasteiger partial charge in [-0.25, -0.2) is 10.4 Å². The smallest absolute Gasteiger partial charge is 0.308 e. The number of hydrazone groups is 1. The number of guanidine groups is 1. The molecule has 2 aromatic rings. The zero-order valence-electron chi connectivity index (χ0n) is 21.0. The molecule has 1 amide bonds. The zero-order chi connectivity index (χ0) is 25.6. The molecule has 0 spiro atoms. The highest BCUT2D eigenvalue weighted by Gasteiger charge is 2.27. The van der Waals surface area contributed by atoms with Gasteiger partial charge in [0, 0.05) is 24.5 Å². The van der Waals surface area contributed by atoms with Crippen LogP contribution in [-0.4, -0.2) is 48.2 Å². The largest absolute Gasteiger partial charge is 0.466 e. The van der Waals surface area contributed by atoms with Gasteiger partial charge in [0.25, 0.3) is 5.91 Å². The summed E-state index contributed by atoms with van der Waals surface area (Å²) in [7, 11) is 0. The summed E-state index contributed by atoms with van der Waals surface area (Å²) in [5, 5.41) is 10.9. The average molecular weight is 501 g/mol. The molecule has 3 N–H and O–H groups in total. The first kappa shape index (κ1) is 24.7. The summed E-state index contributed by atoms with van der Waals surface area (Å²) in [6, 6.07) is 9.03. The van der Waals surface area contributed by atoms with E-state index in [1.165, 1.54) is 16.7 Å². The van der Waals surface area contributed by atoms with Gasteiger partial charge in [-0.1, -0.05) is 12.1 Å². The minimum Gasteiger partial charge on any atom is -0.466 e. The Kier molecular flexibility index (Phi) is 7.58. The minimum absolute atomic E-state index is 0.0411. The number of benzene rings is 1. The Balaban J connectivity index is 1.36. The Hall–Kier alpha value is -4.01. The summed E-state index contributed by atoms with van der Waals surface area (Å²) >= 11 is 0. The molecule has 192 valence electrons. The molecule has 1 aliphatic heterocycles. The van der Waals surface area contributed by atoms with Gasteiger partial charge >= 0.3 is 5.97 Å². The normalized spacial score (nSPS) is 18.3. The van der Waals surface area contributed by atoms with E-state index >= 15 is 0 Å². The van der Waals surface area contributed by atoms with Crippen molar-refractivity contribution in [2.45, 2.75) is 51.5 Å². The van der Waals surface area contributed by atoms with Crippen LogP contribution in [0, 0.1) is 0 Å². The topological polar surface area (TPSA) is 117 Å². The first-order valence-corrected chi connectivity index (χ1v) is 13.0. The zero-order valence-corrected chi connectivity index (χ0v) is 21.0. The van der Waals surface area contributed by atoms with Gasteiger partial charge in [0.05, 0.1) is 31.3 Å². The number of nitrogens with one attached hydrogen (secondary N) is 3. The van der Waals surface area contributed by atoms with Crippen molar-refractivity contribution < 1.29 is 14.3 Å². The molecule has 5 rings (SSSR count). The van der Waals surface area contributed by atoms with Gasteiger partial charge in [0.15, 0.2) is 0 Å². The number of nitrogens with zero attached hydrogens (tertiary/aromatic N) is 3. The van der Waals surface area contributed by atoms with Crippen LogP contribution >= 0.6 is 0 Å². The monoisotopic (exact) mass is 500 g/mol. The molecule has 0 fully saturated rings. The Morgan fingerprint density at radius 3 is 2.84 bits per heavy atom. The van der Waals surface area contributed by atoms with Gasteiger partial charge in [-0.2, -0.15) is 5.10 Å². The third-order valence-electron chi connectivity index (χ3n) is 6.93. The fraction of sp³-hybridized carbons (Fsp3) is 0.393. The maximum Gasteiger partial charge on any atom is 0.308 e. The number of hydrogen-bond acceptors (Lipinski definition) is 8. The van der Waals surface area contributed by atoms with Crippen molar-refractivity contribution in [1.29, 1.82) is 0 Å². The molecule has 1 aromatic heterocycles. The van der Waals surface area contributed by atoms with Crippen LogP contribution in [0.5, 0.6) is 0 Å². The summed E-state index contributed by atoms with van der Waals surface area (Å²) < 4.78 is 5.13. The van der Waals surface area contributed by atoms with Crippen LogP contribution in [0.4, 0.5) is 0 Å². The van der Waals surface area contributed by atoms with Crippen molar-refractivity contribution in [2.75, 3.05) is 19.7 Å². The number of carbonyl (C=O) groups is 2. The van der Waals surface area contributed by atoms with Crippen LogP contribution in [0.15, 0.2) is 58.4 Å². The number of fused-ring (bicyclic) bond motifs is 2. The lowest BCUT2D eigenvalue weighted by Crippen LogP contribution is -2.31. The number of aryl methyl sites for hydroxylation is 1. The van der Waals surface area contributed by atoms with Gasteiger partial charge in [0.2, 0.25) is 5.96 Å². The van der Waals surface area contributed by atoms with Gasteiger partial charge in [-0.05, 0) is 85.1 Å². The molecule has 1 atom stereocenters. The SMILES string of the molecule is CCOC(=O)CC(NC(=O)c1ccc2c(c1)CCC(=NNC1=NCCN1)C1=C2CCC1)c1cccnc1. The fourth-order valence-electron chi connectivity index (χ4n) is 5.18. The van der Waals surface area contributed by atoms with Gasteiger partial charge in [-0.3, -0.25) is 14.6 Å². The molecule has 0 saturated carbocycles. The van der Waals surface area contributed by atoms with Crippen molar-refractivity contribution in [3.63, 3.8) is 0 Å². The molecule has 9 heteroatoms. The molecule has 0 bridgehead atoms. The van der Waals surface area contributed by atoms with E-state index in [0.717, 1.165) is 68.0 Å². The predicted molar refractivity (Wildman–Crippen MR) is 142 cm³/mol. The maximum atomic E-state index is 13.3. The van der Waals surface area contributed by atoms with Crippen LogP contribution in [0.3, 0.4) is 0 Å². The summed E-state index contributed by atoms with van der Waals surface area (Å²) in [5.74, 6) is 0.129. The predicted octanol–water partition coefficient (Wildman–Crippen LogP) is 3.29. The molecule has 2 heterocycles. The summed E-state index contributed by atoms with van der Waals surface area (Å²) in [4.78, 5) is 34.1. The second kappa shape index (κ2) is 11.4. The highest BCUT2D eigenvalue weighted by Crippen LogP contribution is 2.39. The van der Waals surface area contributed by atoms with Crippen LogP contribution in [0.1, 0.15) is 72.1 Å². The molecule has 9 nitrogen and oxygen atoms in total. The van der Waals surface area contributed by atoms with E-state index in [4.69, 9.17) is 9.84 Å². The molecule has 37 heavy (non-hydrogen) atoms. The molecule has 3 aliphatic rings. The molecule has 1 aromatic carbocycles. The van der Waals surface area contributed by atoms with E-state index in [-0.39, 0.29) is 18.3 Å². The van der Waals surface area contributed by atoms with Crippen molar-refractivity contribution >= 4 is 29.1 Å². The average Bonchev–Trinajstić information content (AvgIpc) is 3.59. The Labute approximate surface area is 216 Å². The van der Waals surface area contributed by atoms with Crippen LogP contribution in [0.2, 0.25) is 0 Å². The lowest BCUT2D eigenvalue weighted by molar-refractivity contribution is -0.143. The van der Waals surface area contributed by atoms with Crippen LogP contribution in [-0.2, 0) is 16.0 Å². The number of aromatic nitrogens is 1. The van der Waals surface area contributed by atoms with E-state index in [2.05, 4.69) is 32.1 Å². The van der Waals surface area contributed by atoms with E-state index < -0.39 is 6.04 Å². The first-order valence-electron chi connectivity index (χ1n) is 13.0. The molecule has 1 unspecified atom stereocenters. The number of pyridine rings is 1. The molecule has 2 aliphatic carbocycles. The fourth-order valence-corrected chi connectivity index (χ4v) is 5.18. The number of carbonyl (C=O) groups excluding carboxylic acids is 2. The molecular formula is C28H32N6O3. The van der Waals surface area contributed by atoms with E-state index in [1.54, 1.807) is 25.4 Å². The highest BCUT2D eigenvalue weighted by atomic mass is 16.5. The van der Waals surface area contributed by atoms with Crippen molar-refractivity contribution in [2.24, 2.45) is 10.1 Å². The molecular weight excluding hydrogens is 468 g/mol. The third-order valence-corrected chi connectivity index (χ3v) is 6.93. The number of rotatable bonds is 7. The summed E-state index contributed by atoms with van der Waals surface area (Å²) in [5.41, 5.74) is 10.5. The Morgan fingerprint density at radius 2 is 2.05 bits per heavy atom. The van der Waals surface area contributed by atoms with Crippen molar-refractivity contribution in [3.05, 3.63) is 70.6 Å². The number of ether oxygens (including phenoxy) is 1. The number of aliphatic imine (C=N–C) groups is 1. The summed E-state index contributed by atoms with van der Waals surface area (Å²) in [6.45, 7) is 3.65. The highest BCUT2D eigenvalue weighted by molar-refractivity contribution is 6.09. The number of allylic oxidation sites excluding steroid dienone is 2. The maximum absolute atomic E-state index is 13.3. The standard InChI is InChI=1S/C28H32N6O3/c1-2-37-26(35)16-25(20-5-4-12-29-17-20)32-27(36)19-8-10-21-18(15-19)9-11-24(23-7-3-6-22(21)23)33-34-28-30-13-14-31-28/h4-5,8,10,12,15,17,25H,2-3,6-7,9,11,13-14,16H2,1H3,(H,32,36)(H2,30,31,34). The lowest BCUT2D eigenvalue weighted by atomic mass is 9.95. The van der Waals surface area contributed by atoms with Crippen molar-refractivity contribution in [1.82, 2.24) is 21.0 Å². The van der Waals surface area contributed by atoms with Gasteiger partial charge in [0.1, 0.15) is 0 Å². The summed E-state index contributed by atoms with van der Waals surface area (Å²) in [6.07, 6.45) is 8.07. The van der Waals surface area contributed by atoms with Gasteiger partial charge < -0.3 is 15.4 Å². The van der Waals surface area contributed by atoms with E-state index in [1.807, 2.05) is 18.2 Å². The van der Waals surface area contributed by atoms with Crippen molar-refractivity contribution in [3.8, 4) is 0 Å². The molecule has 0 radical (unpaired) electrons. The Morgan fingerprint density at radius 1 is 1.16 bits per heavy atom. The second-order valence-corrected chi connectivity index (χ2v) is 9.33. The number of hydrogen-bond donors (Lipinski definition) is 3. The third kappa shape index (κ3) is 5.71. The van der Waals surface area contributed by atoms with Gasteiger partial charge in [-0.15, -0.1) is 0 Å². The Bertz CT molecular complexity index is 1270.